The van der Waals surface area contributed by atoms with E-state index in [0.717, 1.165) is 49.4 Å². The summed E-state index contributed by atoms with van der Waals surface area (Å²) in [5, 5.41) is 0. The van der Waals surface area contributed by atoms with Crippen LogP contribution >= 0.6 is 0 Å². The number of nitrogens with zero attached hydrogens (tertiary/aromatic N) is 1. The normalized spacial score (nSPS) is 20.7. The lowest BCUT2D eigenvalue weighted by atomic mass is 9.94. The summed E-state index contributed by atoms with van der Waals surface area (Å²) in [5.41, 5.74) is 7.87. The molecule has 1 unspecified atom stereocenters. The molecule has 0 aromatic heterocycles. The van der Waals surface area contributed by atoms with Gasteiger partial charge in [-0.25, -0.2) is 15.6 Å². The lowest BCUT2D eigenvalue weighted by Crippen LogP contribution is -2.92. The molecule has 0 radical (unpaired) electrons. The van der Waals surface area contributed by atoms with Crippen LogP contribution in [0.15, 0.2) is 66.2 Å². The number of rotatable bonds is 9. The molecule has 1 aromatic rings. The number of carbonyl (C=O) groups is 1. The standard InChI is InChI=1S/C29H39N3O4/c1-21-11-12-27(31-30-21)32-16-13-22(14-17-32)15-18-35-25-9-5-7-23(19-25)24-8-6-10-26(20-24)36-29(2,3)28(33)34-4/h5-9,11-12,19-20,22,26,30-31H,10,13-18H2,1-4H3/p+1. The molecule has 7 heteroatoms. The molecule has 3 aliphatic rings. The highest BCUT2D eigenvalue weighted by molar-refractivity contribution is 5.79. The molecule has 2 aliphatic heterocycles. The van der Waals surface area contributed by atoms with E-state index in [-0.39, 0.29) is 12.1 Å². The monoisotopic (exact) mass is 494 g/mol. The van der Waals surface area contributed by atoms with Crippen molar-refractivity contribution in [3.8, 4) is 5.75 Å². The van der Waals surface area contributed by atoms with Crippen molar-refractivity contribution in [2.45, 2.75) is 58.2 Å². The Morgan fingerprint density at radius 2 is 2.03 bits per heavy atom. The lowest BCUT2D eigenvalue weighted by Gasteiger charge is -2.35. The Balaban J connectivity index is 1.26. The number of allylic oxidation sites excluding steroid dienone is 5. The minimum atomic E-state index is -0.994. The van der Waals surface area contributed by atoms with Crippen LogP contribution in [0.2, 0.25) is 0 Å². The molecule has 1 aromatic carbocycles. The number of quaternary nitrogens is 1. The Morgan fingerprint density at radius 1 is 1.22 bits per heavy atom. The van der Waals surface area contributed by atoms with Crippen molar-refractivity contribution in [2.24, 2.45) is 5.92 Å². The molecule has 0 spiro atoms. The fourth-order valence-electron chi connectivity index (χ4n) is 4.86. The Morgan fingerprint density at radius 3 is 2.75 bits per heavy atom. The van der Waals surface area contributed by atoms with Gasteiger partial charge in [-0.3, -0.25) is 0 Å². The van der Waals surface area contributed by atoms with Crippen molar-refractivity contribution in [1.82, 2.24) is 10.3 Å². The van der Waals surface area contributed by atoms with E-state index in [9.17, 15) is 4.79 Å². The van der Waals surface area contributed by atoms with Gasteiger partial charge < -0.3 is 19.1 Å². The minimum absolute atomic E-state index is 0.188. The van der Waals surface area contributed by atoms with Crippen molar-refractivity contribution in [1.29, 1.82) is 0 Å². The molecule has 0 bridgehead atoms. The third kappa shape index (κ3) is 6.80. The van der Waals surface area contributed by atoms with Crippen molar-refractivity contribution in [3.63, 3.8) is 0 Å². The quantitative estimate of drug-likeness (QED) is 0.403. The van der Waals surface area contributed by atoms with E-state index < -0.39 is 5.60 Å². The Kier molecular flexibility index (Phi) is 8.54. The molecule has 7 nitrogen and oxygen atoms in total. The summed E-state index contributed by atoms with van der Waals surface area (Å²) < 4.78 is 17.1. The summed E-state index contributed by atoms with van der Waals surface area (Å²) in [7, 11) is 1.38. The molecule has 1 saturated heterocycles. The first-order chi connectivity index (χ1) is 17.3. The number of hydrogen-bond donors (Lipinski definition) is 2. The molecule has 1 fully saturated rings. The van der Waals surface area contributed by atoms with Gasteiger partial charge in [-0.1, -0.05) is 24.3 Å². The van der Waals surface area contributed by atoms with Gasteiger partial charge in [0.15, 0.2) is 11.4 Å². The van der Waals surface area contributed by atoms with E-state index in [1.165, 1.54) is 31.5 Å². The summed E-state index contributed by atoms with van der Waals surface area (Å²) in [6.45, 7) is 8.46. The Labute approximate surface area is 214 Å². The van der Waals surface area contributed by atoms with Crippen LogP contribution in [0.25, 0.3) is 5.57 Å². The van der Waals surface area contributed by atoms with E-state index in [2.05, 4.69) is 65.2 Å². The maximum Gasteiger partial charge on any atom is 0.337 e. The van der Waals surface area contributed by atoms with Crippen LogP contribution in [-0.2, 0) is 14.3 Å². The number of likely N-dealkylation sites (tertiary alicyclic amines) is 1. The summed E-state index contributed by atoms with van der Waals surface area (Å²) in [6, 6.07) is 8.20. The molecule has 1 atom stereocenters. The number of hydrogen-bond acceptors (Lipinski definition) is 6. The number of ether oxygens (including phenoxy) is 3. The Bertz CT molecular complexity index is 1050. The topological polar surface area (TPSA) is 76.6 Å². The second-order valence-electron chi connectivity index (χ2n) is 10.3. The molecule has 1 aliphatic carbocycles. The van der Waals surface area contributed by atoms with Crippen LogP contribution in [0.3, 0.4) is 0 Å². The largest absolute Gasteiger partial charge is 0.494 e. The highest BCUT2D eigenvalue weighted by atomic mass is 16.6. The average molecular weight is 495 g/mol. The molecule has 2 heterocycles. The van der Waals surface area contributed by atoms with Crippen molar-refractivity contribution < 1.29 is 24.4 Å². The third-order valence-corrected chi connectivity index (χ3v) is 7.02. The summed E-state index contributed by atoms with van der Waals surface area (Å²) in [5.74, 6) is 2.41. The van der Waals surface area contributed by atoms with Crippen molar-refractivity contribution >= 4 is 11.5 Å². The zero-order valence-electron chi connectivity index (χ0n) is 22.0. The lowest BCUT2D eigenvalue weighted by molar-refractivity contribution is -0.662. The molecule has 3 N–H and O–H groups in total. The molecular formula is C29H40N3O4+. The van der Waals surface area contributed by atoms with Crippen LogP contribution in [0.5, 0.6) is 5.75 Å². The summed E-state index contributed by atoms with van der Waals surface area (Å²) in [6.07, 6.45) is 14.6. The second kappa shape index (κ2) is 11.8. The molecule has 0 amide bonds. The van der Waals surface area contributed by atoms with Gasteiger partial charge in [0.2, 0.25) is 0 Å². The highest BCUT2D eigenvalue weighted by Crippen LogP contribution is 2.29. The van der Waals surface area contributed by atoms with Gasteiger partial charge >= 0.3 is 5.97 Å². The molecule has 0 saturated carbocycles. The van der Waals surface area contributed by atoms with E-state index >= 15 is 0 Å². The van der Waals surface area contributed by atoms with Crippen molar-refractivity contribution in [3.05, 3.63) is 71.7 Å². The molecular weight excluding hydrogens is 454 g/mol. The van der Waals surface area contributed by atoms with Gasteiger partial charge in [-0.2, -0.15) is 0 Å². The van der Waals surface area contributed by atoms with E-state index in [0.29, 0.717) is 5.92 Å². The summed E-state index contributed by atoms with van der Waals surface area (Å²) >= 11 is 0. The molecule has 4 rings (SSSR count). The first-order valence-corrected chi connectivity index (χ1v) is 12.9. The van der Waals surface area contributed by atoms with Crippen molar-refractivity contribution in [2.75, 3.05) is 26.8 Å². The van der Waals surface area contributed by atoms with Gasteiger partial charge in [-0.15, -0.1) is 0 Å². The minimum Gasteiger partial charge on any atom is -0.494 e. The third-order valence-electron chi connectivity index (χ3n) is 7.02. The van der Waals surface area contributed by atoms with Gasteiger partial charge in [-0.05, 0) is 80.9 Å². The zero-order valence-corrected chi connectivity index (χ0v) is 22.0. The zero-order chi connectivity index (χ0) is 25.5. The predicted octanol–water partition coefficient (Wildman–Crippen LogP) is 3.67. The first-order valence-electron chi connectivity index (χ1n) is 12.9. The fourth-order valence-corrected chi connectivity index (χ4v) is 4.86. The maximum absolute atomic E-state index is 12.0. The average Bonchev–Trinajstić information content (AvgIpc) is 2.89. The van der Waals surface area contributed by atoms with E-state index in [4.69, 9.17) is 14.2 Å². The SMILES string of the molecule is COC(=O)C(C)(C)OC1C=C(c2cccc(OCCC3CCN(C4=CC=C(C)[NH2+]N4)CC3)c2)C=CC1. The van der Waals surface area contributed by atoms with Crippen LogP contribution in [0.4, 0.5) is 0 Å². The van der Waals surface area contributed by atoms with Gasteiger partial charge in [0.25, 0.3) is 0 Å². The Hall–Kier alpha value is -3.03. The van der Waals surface area contributed by atoms with Gasteiger partial charge in [0, 0.05) is 26.1 Å². The highest BCUT2D eigenvalue weighted by Gasteiger charge is 2.32. The molecule has 36 heavy (non-hydrogen) atoms. The van der Waals surface area contributed by atoms with Gasteiger partial charge in [0.1, 0.15) is 11.4 Å². The predicted molar refractivity (Wildman–Crippen MR) is 140 cm³/mol. The number of methoxy groups -OCH3 is 1. The number of benzene rings is 1. The summed E-state index contributed by atoms with van der Waals surface area (Å²) in [4.78, 5) is 14.4. The van der Waals surface area contributed by atoms with Crippen LogP contribution < -0.4 is 15.6 Å². The van der Waals surface area contributed by atoms with Crippen LogP contribution in [0, 0.1) is 5.92 Å². The first kappa shape index (κ1) is 26.0. The number of esters is 1. The molecule has 194 valence electrons. The van der Waals surface area contributed by atoms with E-state index in [1.807, 2.05) is 12.1 Å². The number of nitrogens with one attached hydrogen (secondary N) is 1. The van der Waals surface area contributed by atoms with Gasteiger partial charge in [0.05, 0.1) is 19.8 Å². The number of piperidine rings is 1. The second-order valence-corrected chi connectivity index (χ2v) is 10.3. The van der Waals surface area contributed by atoms with Crippen LogP contribution in [-0.4, -0.2) is 49.4 Å². The smallest absolute Gasteiger partial charge is 0.337 e. The fraction of sp³-hybridized carbons (Fsp3) is 0.483. The maximum atomic E-state index is 12.0. The van der Waals surface area contributed by atoms with E-state index in [1.54, 1.807) is 13.8 Å². The number of nitrogens with two attached hydrogens (primary N) is 1. The van der Waals surface area contributed by atoms with Crippen LogP contribution in [0.1, 0.15) is 52.0 Å². The number of carbonyl (C=O) groups excluding carboxylic acids is 1.